The Balaban J connectivity index is 1.95. The molecule has 0 amide bonds. The smallest absolute Gasteiger partial charge is 0.128 e. The zero-order chi connectivity index (χ0) is 15.2. The van der Waals surface area contributed by atoms with Crippen molar-refractivity contribution >= 4 is 5.82 Å². The first-order valence-corrected chi connectivity index (χ1v) is 8.13. The Labute approximate surface area is 129 Å². The van der Waals surface area contributed by atoms with Crippen LogP contribution in [0.15, 0.2) is 18.3 Å². The van der Waals surface area contributed by atoms with Crippen LogP contribution in [-0.4, -0.2) is 49.7 Å². The molecule has 2 heterocycles. The molecule has 1 unspecified atom stereocenters. The van der Waals surface area contributed by atoms with Crippen LogP contribution in [0.4, 0.5) is 5.82 Å². The zero-order valence-corrected chi connectivity index (χ0v) is 14.0. The molecule has 118 valence electrons. The molecule has 1 aromatic heterocycles. The van der Waals surface area contributed by atoms with E-state index in [1.807, 2.05) is 6.20 Å². The Morgan fingerprint density at radius 3 is 3.00 bits per heavy atom. The second kappa shape index (κ2) is 7.76. The molecule has 2 rings (SSSR count). The summed E-state index contributed by atoms with van der Waals surface area (Å²) in [6, 6.07) is 4.91. The van der Waals surface area contributed by atoms with Crippen molar-refractivity contribution in [1.82, 2.24) is 15.2 Å². The molecule has 0 saturated carbocycles. The molecule has 0 bridgehead atoms. The highest BCUT2D eigenvalue weighted by atomic mass is 15.2. The van der Waals surface area contributed by atoms with Crippen molar-refractivity contribution in [3.05, 3.63) is 23.9 Å². The number of hydrogen-bond acceptors (Lipinski definition) is 4. The lowest BCUT2D eigenvalue weighted by atomic mass is 10.0. The minimum Gasteiger partial charge on any atom is -0.355 e. The van der Waals surface area contributed by atoms with Gasteiger partial charge in [0, 0.05) is 32.4 Å². The van der Waals surface area contributed by atoms with Crippen LogP contribution in [0.25, 0.3) is 0 Å². The molecule has 1 aromatic rings. The van der Waals surface area contributed by atoms with Gasteiger partial charge in [0.2, 0.25) is 0 Å². The maximum atomic E-state index is 4.56. The average Bonchev–Trinajstić information content (AvgIpc) is 2.46. The average molecular weight is 290 g/mol. The van der Waals surface area contributed by atoms with E-state index < -0.39 is 0 Å². The summed E-state index contributed by atoms with van der Waals surface area (Å²) in [5.74, 6) is 1.78. The van der Waals surface area contributed by atoms with Crippen molar-refractivity contribution in [3.63, 3.8) is 0 Å². The number of nitrogens with one attached hydrogen (secondary N) is 1. The van der Waals surface area contributed by atoms with Crippen LogP contribution in [0, 0.1) is 5.92 Å². The van der Waals surface area contributed by atoms with Gasteiger partial charge in [0.15, 0.2) is 0 Å². The van der Waals surface area contributed by atoms with Crippen LogP contribution in [0.5, 0.6) is 0 Å². The predicted octanol–water partition coefficient (Wildman–Crippen LogP) is 2.36. The fourth-order valence-electron chi connectivity index (χ4n) is 2.91. The lowest BCUT2D eigenvalue weighted by Gasteiger charge is -2.36. The first kappa shape index (κ1) is 16.2. The Kier molecular flexibility index (Phi) is 6.00. The second-order valence-electron chi connectivity index (χ2n) is 6.72. The number of anilines is 1. The molecule has 1 atom stereocenters. The maximum absolute atomic E-state index is 4.56. The number of pyridine rings is 1. The van der Waals surface area contributed by atoms with Gasteiger partial charge in [0.1, 0.15) is 5.82 Å². The third kappa shape index (κ3) is 4.97. The van der Waals surface area contributed by atoms with E-state index in [1.54, 1.807) is 0 Å². The summed E-state index contributed by atoms with van der Waals surface area (Å²) in [4.78, 5) is 9.33. The van der Waals surface area contributed by atoms with Gasteiger partial charge in [-0.05, 0) is 56.6 Å². The van der Waals surface area contributed by atoms with Crippen molar-refractivity contribution in [1.29, 1.82) is 0 Å². The van der Waals surface area contributed by atoms with E-state index in [1.165, 1.54) is 24.9 Å². The van der Waals surface area contributed by atoms with Gasteiger partial charge in [0.25, 0.3) is 0 Å². The number of nitrogens with zero attached hydrogens (tertiary/aromatic N) is 3. The molecule has 1 N–H and O–H groups in total. The van der Waals surface area contributed by atoms with Crippen LogP contribution in [-0.2, 0) is 6.54 Å². The lowest BCUT2D eigenvalue weighted by Crippen LogP contribution is -2.45. The van der Waals surface area contributed by atoms with E-state index >= 15 is 0 Å². The summed E-state index contributed by atoms with van der Waals surface area (Å²) < 4.78 is 0. The molecule has 0 aliphatic carbocycles. The van der Waals surface area contributed by atoms with Crippen LogP contribution in [0.2, 0.25) is 0 Å². The highest BCUT2D eigenvalue weighted by Crippen LogP contribution is 2.20. The van der Waals surface area contributed by atoms with Gasteiger partial charge >= 0.3 is 0 Å². The number of likely N-dealkylation sites (N-methyl/N-ethyl adjacent to an activating group) is 2. The number of rotatable bonds is 6. The first-order valence-electron chi connectivity index (χ1n) is 8.13. The third-order valence-electron chi connectivity index (χ3n) is 4.20. The molecular formula is C17H30N4. The van der Waals surface area contributed by atoms with Crippen molar-refractivity contribution in [2.75, 3.05) is 38.6 Å². The summed E-state index contributed by atoms with van der Waals surface area (Å²) in [5, 5.41) is 3.50. The Morgan fingerprint density at radius 2 is 2.29 bits per heavy atom. The number of likely N-dealkylation sites (tertiary alicyclic amines) is 1. The fraction of sp³-hybridized carbons (Fsp3) is 0.706. The molecule has 0 radical (unpaired) electrons. The van der Waals surface area contributed by atoms with E-state index in [2.05, 4.69) is 60.2 Å². The molecule has 0 spiro atoms. The number of piperidine rings is 1. The second-order valence-corrected chi connectivity index (χ2v) is 6.72. The van der Waals surface area contributed by atoms with Crippen LogP contribution in [0.3, 0.4) is 0 Å². The number of aromatic nitrogens is 1. The Morgan fingerprint density at radius 1 is 1.48 bits per heavy atom. The van der Waals surface area contributed by atoms with Crippen molar-refractivity contribution in [3.8, 4) is 0 Å². The van der Waals surface area contributed by atoms with Crippen LogP contribution in [0.1, 0.15) is 32.3 Å². The van der Waals surface area contributed by atoms with Gasteiger partial charge in [-0.15, -0.1) is 0 Å². The molecule has 0 aromatic carbocycles. The highest BCUT2D eigenvalue weighted by Gasteiger charge is 2.21. The normalized spacial score (nSPS) is 20.0. The molecule has 21 heavy (non-hydrogen) atoms. The monoisotopic (exact) mass is 290 g/mol. The van der Waals surface area contributed by atoms with Crippen molar-refractivity contribution in [2.24, 2.45) is 5.92 Å². The van der Waals surface area contributed by atoms with E-state index in [0.29, 0.717) is 12.0 Å². The topological polar surface area (TPSA) is 31.4 Å². The zero-order valence-electron chi connectivity index (χ0n) is 14.0. The van der Waals surface area contributed by atoms with E-state index in [0.717, 1.165) is 25.5 Å². The third-order valence-corrected chi connectivity index (χ3v) is 4.20. The van der Waals surface area contributed by atoms with Crippen molar-refractivity contribution < 1.29 is 0 Å². The lowest BCUT2D eigenvalue weighted by molar-refractivity contribution is 0.247. The quantitative estimate of drug-likeness (QED) is 0.871. The minimum atomic E-state index is 0.579. The summed E-state index contributed by atoms with van der Waals surface area (Å²) in [6.07, 6.45) is 4.48. The fourth-order valence-corrected chi connectivity index (χ4v) is 2.91. The highest BCUT2D eigenvalue weighted by molar-refractivity contribution is 5.41. The molecular weight excluding hydrogens is 260 g/mol. The SMILES string of the molecule is CC(C)CNCc1ccnc(N(C)C2CCCN(C)C2)c1. The maximum Gasteiger partial charge on any atom is 0.128 e. The summed E-state index contributed by atoms with van der Waals surface area (Å²) in [5.41, 5.74) is 1.32. The van der Waals surface area contributed by atoms with E-state index in [-0.39, 0.29) is 0 Å². The molecule has 1 aliphatic rings. The van der Waals surface area contributed by atoms with Gasteiger partial charge in [-0.2, -0.15) is 0 Å². The van der Waals surface area contributed by atoms with Crippen LogP contribution < -0.4 is 10.2 Å². The Bertz CT molecular complexity index is 433. The largest absolute Gasteiger partial charge is 0.355 e. The Hall–Kier alpha value is -1.13. The van der Waals surface area contributed by atoms with Gasteiger partial charge in [0.05, 0.1) is 0 Å². The molecule has 4 nitrogen and oxygen atoms in total. The predicted molar refractivity (Wildman–Crippen MR) is 89.7 cm³/mol. The summed E-state index contributed by atoms with van der Waals surface area (Å²) in [7, 11) is 4.39. The standard InChI is InChI=1S/C17H30N4/c1-14(2)11-18-12-15-7-8-19-17(10-15)21(4)16-6-5-9-20(3)13-16/h7-8,10,14,16,18H,5-6,9,11-13H2,1-4H3. The van der Waals surface area contributed by atoms with E-state index in [4.69, 9.17) is 0 Å². The van der Waals surface area contributed by atoms with Gasteiger partial charge in [-0.1, -0.05) is 13.8 Å². The molecule has 4 heteroatoms. The van der Waals surface area contributed by atoms with Crippen molar-refractivity contribution in [2.45, 2.75) is 39.3 Å². The molecule has 1 aliphatic heterocycles. The van der Waals surface area contributed by atoms with Gasteiger partial charge in [-0.25, -0.2) is 4.98 Å². The van der Waals surface area contributed by atoms with E-state index in [9.17, 15) is 0 Å². The minimum absolute atomic E-state index is 0.579. The molecule has 1 saturated heterocycles. The first-order chi connectivity index (χ1) is 10.1. The molecule has 1 fully saturated rings. The number of hydrogen-bond donors (Lipinski definition) is 1. The van der Waals surface area contributed by atoms with Gasteiger partial charge < -0.3 is 15.1 Å². The summed E-state index contributed by atoms with van der Waals surface area (Å²) in [6.45, 7) is 8.80. The van der Waals surface area contributed by atoms with Crippen LogP contribution >= 0.6 is 0 Å². The van der Waals surface area contributed by atoms with Gasteiger partial charge in [-0.3, -0.25) is 0 Å². The summed E-state index contributed by atoms with van der Waals surface area (Å²) >= 11 is 0.